The summed E-state index contributed by atoms with van der Waals surface area (Å²) < 4.78 is 53.2. The molecule has 0 radical (unpaired) electrons. The first-order valence-electron chi connectivity index (χ1n) is 13.6. The minimum atomic E-state index is -3.37. The van der Waals surface area contributed by atoms with Crippen LogP contribution in [0.3, 0.4) is 0 Å². The van der Waals surface area contributed by atoms with Crippen LogP contribution in [-0.4, -0.2) is 41.5 Å². The Balaban J connectivity index is 0.000000175. The molecule has 2 heterocycles. The SMILES string of the molecule is COC1CS(=O)(=O)c2cc(NC(=O)c3ccc(C)cc3)ccc21.Cc1ccc(C(=O)Nc2ccc3c(c2)S(=O)(=O)C=C3)cc1. The van der Waals surface area contributed by atoms with Crippen molar-refractivity contribution in [3.8, 4) is 0 Å². The Labute approximate surface area is 256 Å². The van der Waals surface area contributed by atoms with Crippen molar-refractivity contribution in [2.24, 2.45) is 0 Å². The summed E-state index contributed by atoms with van der Waals surface area (Å²) in [5.74, 6) is -0.601. The van der Waals surface area contributed by atoms with E-state index in [0.29, 0.717) is 33.6 Å². The number of sulfone groups is 2. The summed E-state index contributed by atoms with van der Waals surface area (Å²) in [5, 5.41) is 6.62. The zero-order chi connectivity index (χ0) is 31.6. The van der Waals surface area contributed by atoms with Crippen LogP contribution in [-0.2, 0) is 24.4 Å². The molecule has 0 saturated heterocycles. The summed E-state index contributed by atoms with van der Waals surface area (Å²) in [4.78, 5) is 24.8. The molecule has 2 aliphatic heterocycles. The first kappa shape index (κ1) is 30.9. The highest BCUT2D eigenvalue weighted by atomic mass is 32.2. The molecule has 0 aromatic heterocycles. The standard InChI is InChI=1S/C17H17NO4S.C16H13NO3S/c1-11-3-5-12(6-4-11)17(19)18-13-7-8-14-15(22-2)10-23(20,21)16(14)9-13;1-11-2-4-13(5-3-11)16(18)17-14-7-6-12-8-9-21(19,20)15(12)10-14/h3-9,15H,10H2,1-2H3,(H,18,19);2-10H,1H3,(H,17,18). The van der Waals surface area contributed by atoms with E-state index in [1.807, 2.05) is 38.1 Å². The van der Waals surface area contributed by atoms with Gasteiger partial charge in [-0.2, -0.15) is 0 Å². The highest BCUT2D eigenvalue weighted by Crippen LogP contribution is 2.37. The average Bonchev–Trinajstić information content (AvgIpc) is 3.44. The van der Waals surface area contributed by atoms with Crippen LogP contribution in [0, 0.1) is 13.8 Å². The summed E-state index contributed by atoms with van der Waals surface area (Å²) in [6, 6.07) is 24.1. The van der Waals surface area contributed by atoms with Gasteiger partial charge in [0.15, 0.2) is 9.84 Å². The van der Waals surface area contributed by atoms with Gasteiger partial charge in [-0.1, -0.05) is 47.5 Å². The minimum Gasteiger partial charge on any atom is -0.376 e. The van der Waals surface area contributed by atoms with Crippen LogP contribution < -0.4 is 10.6 Å². The zero-order valence-corrected chi connectivity index (χ0v) is 25.8. The lowest BCUT2D eigenvalue weighted by atomic mass is 10.1. The third-order valence-electron chi connectivity index (χ3n) is 7.24. The van der Waals surface area contributed by atoms with Gasteiger partial charge in [-0.15, -0.1) is 0 Å². The largest absolute Gasteiger partial charge is 0.376 e. The first-order chi connectivity index (χ1) is 20.9. The van der Waals surface area contributed by atoms with Crippen molar-refractivity contribution < 1.29 is 31.2 Å². The Morgan fingerprint density at radius 1 is 0.705 bits per heavy atom. The van der Waals surface area contributed by atoms with E-state index in [9.17, 15) is 26.4 Å². The molecular formula is C33H30N2O7S2. The fraction of sp³-hybridized carbons (Fsp3) is 0.152. The molecular weight excluding hydrogens is 601 g/mol. The highest BCUT2D eigenvalue weighted by Gasteiger charge is 2.35. The van der Waals surface area contributed by atoms with Crippen LogP contribution in [0.1, 0.15) is 49.1 Å². The maximum Gasteiger partial charge on any atom is 0.255 e. The fourth-order valence-electron chi connectivity index (χ4n) is 4.77. The van der Waals surface area contributed by atoms with Crippen molar-refractivity contribution in [3.05, 3.63) is 124 Å². The lowest BCUT2D eigenvalue weighted by molar-refractivity contribution is 0.101. The minimum absolute atomic E-state index is 0.0613. The predicted octanol–water partition coefficient (Wildman–Crippen LogP) is 5.73. The van der Waals surface area contributed by atoms with Gasteiger partial charge in [0.25, 0.3) is 11.8 Å². The fourth-order valence-corrected chi connectivity index (χ4v) is 7.76. The normalized spacial score (nSPS) is 16.7. The quantitative estimate of drug-likeness (QED) is 0.288. The van der Waals surface area contributed by atoms with Gasteiger partial charge in [0.2, 0.25) is 9.84 Å². The molecule has 2 amide bonds. The van der Waals surface area contributed by atoms with Gasteiger partial charge in [0.05, 0.1) is 21.6 Å². The third-order valence-corrected chi connectivity index (χ3v) is 10.5. The van der Waals surface area contributed by atoms with Gasteiger partial charge < -0.3 is 15.4 Å². The number of nitrogens with one attached hydrogen (secondary N) is 2. The van der Waals surface area contributed by atoms with Crippen LogP contribution in [0.25, 0.3) is 6.08 Å². The number of anilines is 2. The van der Waals surface area contributed by atoms with E-state index in [-0.39, 0.29) is 27.4 Å². The maximum absolute atomic E-state index is 12.2. The molecule has 0 aliphatic carbocycles. The zero-order valence-electron chi connectivity index (χ0n) is 24.2. The van der Waals surface area contributed by atoms with Crippen molar-refractivity contribution >= 4 is 48.9 Å². The molecule has 11 heteroatoms. The van der Waals surface area contributed by atoms with Gasteiger partial charge in [-0.25, -0.2) is 16.8 Å². The molecule has 6 rings (SSSR count). The van der Waals surface area contributed by atoms with Crippen LogP contribution >= 0.6 is 0 Å². The van der Waals surface area contributed by atoms with Gasteiger partial charge >= 0.3 is 0 Å². The summed E-state index contributed by atoms with van der Waals surface area (Å²) in [6.07, 6.45) is 1.10. The maximum atomic E-state index is 12.2. The number of carbonyl (C=O) groups is 2. The molecule has 0 bridgehead atoms. The van der Waals surface area contributed by atoms with Crippen molar-refractivity contribution in [2.75, 3.05) is 23.5 Å². The Morgan fingerprint density at radius 3 is 1.73 bits per heavy atom. The summed E-state index contributed by atoms with van der Waals surface area (Å²) in [5.41, 5.74) is 5.39. The van der Waals surface area contributed by atoms with E-state index in [1.54, 1.807) is 54.6 Å². The second-order valence-corrected chi connectivity index (χ2v) is 14.3. The average molecular weight is 631 g/mol. The molecule has 0 saturated carbocycles. The molecule has 226 valence electrons. The molecule has 4 aromatic rings. The third kappa shape index (κ3) is 6.65. The smallest absolute Gasteiger partial charge is 0.255 e. The number of rotatable bonds is 5. The number of methoxy groups -OCH3 is 1. The topological polar surface area (TPSA) is 136 Å². The van der Waals surface area contributed by atoms with Gasteiger partial charge in [-0.3, -0.25) is 9.59 Å². The lowest BCUT2D eigenvalue weighted by Crippen LogP contribution is -2.12. The van der Waals surface area contributed by atoms with Crippen LogP contribution in [0.15, 0.2) is 100 Å². The summed E-state index contributed by atoms with van der Waals surface area (Å²) >= 11 is 0. The van der Waals surface area contributed by atoms with E-state index >= 15 is 0 Å². The highest BCUT2D eigenvalue weighted by molar-refractivity contribution is 7.94. The number of aryl methyl sites for hydroxylation is 2. The summed E-state index contributed by atoms with van der Waals surface area (Å²) in [7, 11) is -5.25. The van der Waals surface area contributed by atoms with Crippen molar-refractivity contribution in [2.45, 2.75) is 29.7 Å². The van der Waals surface area contributed by atoms with Crippen molar-refractivity contribution in [1.29, 1.82) is 0 Å². The monoisotopic (exact) mass is 630 g/mol. The van der Waals surface area contributed by atoms with E-state index < -0.39 is 25.8 Å². The van der Waals surface area contributed by atoms with E-state index in [1.165, 1.54) is 24.7 Å². The molecule has 0 spiro atoms. The number of ether oxygens (including phenoxy) is 1. The molecule has 1 atom stereocenters. The number of benzene rings is 4. The Bertz CT molecular complexity index is 2000. The molecule has 9 nitrogen and oxygen atoms in total. The number of carbonyl (C=O) groups excluding carboxylic acids is 2. The van der Waals surface area contributed by atoms with Gasteiger partial charge in [0, 0.05) is 40.6 Å². The van der Waals surface area contributed by atoms with Gasteiger partial charge in [0.1, 0.15) is 0 Å². The summed E-state index contributed by atoms with van der Waals surface area (Å²) in [6.45, 7) is 3.89. The second-order valence-electron chi connectivity index (χ2n) is 10.5. The van der Waals surface area contributed by atoms with Crippen molar-refractivity contribution in [3.63, 3.8) is 0 Å². The molecule has 1 unspecified atom stereocenters. The molecule has 2 aliphatic rings. The Kier molecular flexibility index (Phi) is 8.55. The number of hydrogen-bond acceptors (Lipinski definition) is 7. The Morgan fingerprint density at radius 2 is 1.20 bits per heavy atom. The van der Waals surface area contributed by atoms with Crippen LogP contribution in [0.2, 0.25) is 0 Å². The lowest BCUT2D eigenvalue weighted by Gasteiger charge is -2.09. The number of fused-ring (bicyclic) bond motifs is 2. The predicted molar refractivity (Wildman–Crippen MR) is 169 cm³/mol. The Hall–Kier alpha value is -4.58. The number of amides is 2. The molecule has 0 fully saturated rings. The molecule has 2 N–H and O–H groups in total. The van der Waals surface area contributed by atoms with Crippen LogP contribution in [0.4, 0.5) is 11.4 Å². The van der Waals surface area contributed by atoms with Gasteiger partial charge in [-0.05, 0) is 74.0 Å². The van der Waals surface area contributed by atoms with Crippen molar-refractivity contribution in [1.82, 2.24) is 0 Å². The first-order valence-corrected chi connectivity index (χ1v) is 16.8. The number of hydrogen-bond donors (Lipinski definition) is 2. The van der Waals surface area contributed by atoms with E-state index in [2.05, 4.69) is 10.6 Å². The van der Waals surface area contributed by atoms with E-state index in [0.717, 1.165) is 11.1 Å². The van der Waals surface area contributed by atoms with Crippen LogP contribution in [0.5, 0.6) is 0 Å². The molecule has 4 aromatic carbocycles. The van der Waals surface area contributed by atoms with E-state index in [4.69, 9.17) is 4.74 Å². The second kappa shape index (κ2) is 12.2. The molecule has 44 heavy (non-hydrogen) atoms.